The molecule has 0 saturated heterocycles. The molecule has 0 fully saturated rings. The van der Waals surface area contributed by atoms with Gasteiger partial charge in [0.2, 0.25) is 0 Å². The first-order valence-electron chi connectivity index (χ1n) is 3.72. The Morgan fingerprint density at radius 1 is 1.73 bits per heavy atom. The van der Waals surface area contributed by atoms with Crippen molar-refractivity contribution in [3.05, 3.63) is 12.3 Å². The number of amides is 2. The first-order valence-corrected chi connectivity index (χ1v) is 3.72. The predicted octanol–water partition coefficient (Wildman–Crippen LogP) is 0.139. The summed E-state index contributed by atoms with van der Waals surface area (Å²) in [5.41, 5.74) is 0. The molecule has 0 saturated carbocycles. The number of hydrogen-bond acceptors (Lipinski definition) is 2. The molecule has 0 aromatic carbocycles. The fourth-order valence-corrected chi connectivity index (χ4v) is 0.958. The molecule has 0 radical (unpaired) electrons. The van der Waals surface area contributed by atoms with Gasteiger partial charge in [0.1, 0.15) is 6.17 Å². The average molecular weight is 155 g/mol. The van der Waals surface area contributed by atoms with E-state index in [0.29, 0.717) is 0 Å². The Labute approximate surface area is 66.0 Å². The smallest absolute Gasteiger partial charge is 0.316 e. The van der Waals surface area contributed by atoms with Crippen molar-refractivity contribution in [2.75, 3.05) is 7.05 Å². The molecular formula is C7H13N3O. The third-order valence-corrected chi connectivity index (χ3v) is 1.57. The summed E-state index contributed by atoms with van der Waals surface area (Å²) in [5.74, 6) is 0. The maximum Gasteiger partial charge on any atom is 0.316 e. The third kappa shape index (κ3) is 2.49. The normalized spacial score (nSPS) is 22.1. The van der Waals surface area contributed by atoms with Gasteiger partial charge < -0.3 is 16.0 Å². The van der Waals surface area contributed by atoms with Gasteiger partial charge >= 0.3 is 6.03 Å². The van der Waals surface area contributed by atoms with Crippen LogP contribution < -0.4 is 16.0 Å². The summed E-state index contributed by atoms with van der Waals surface area (Å²) in [6.45, 7) is 0. The van der Waals surface area contributed by atoms with E-state index in [2.05, 4.69) is 16.0 Å². The van der Waals surface area contributed by atoms with Crippen LogP contribution in [0.5, 0.6) is 0 Å². The quantitative estimate of drug-likeness (QED) is 0.504. The minimum absolute atomic E-state index is 0.0833. The van der Waals surface area contributed by atoms with Crippen LogP contribution in [0.4, 0.5) is 4.79 Å². The van der Waals surface area contributed by atoms with E-state index >= 15 is 0 Å². The van der Waals surface area contributed by atoms with Crippen molar-refractivity contribution in [1.29, 1.82) is 0 Å². The highest BCUT2D eigenvalue weighted by molar-refractivity contribution is 5.73. The Balaban J connectivity index is 2.26. The number of rotatable bonds is 1. The molecular weight excluding hydrogens is 142 g/mol. The van der Waals surface area contributed by atoms with Crippen LogP contribution in [0.3, 0.4) is 0 Å². The Bertz CT molecular complexity index is 167. The second-order valence-electron chi connectivity index (χ2n) is 2.42. The van der Waals surface area contributed by atoms with E-state index in [0.717, 1.165) is 12.8 Å². The van der Waals surface area contributed by atoms with Crippen LogP contribution in [0.1, 0.15) is 12.8 Å². The Kier molecular flexibility index (Phi) is 2.77. The first-order chi connectivity index (χ1) is 5.33. The van der Waals surface area contributed by atoms with Crippen molar-refractivity contribution in [1.82, 2.24) is 16.0 Å². The van der Waals surface area contributed by atoms with Gasteiger partial charge in [-0.1, -0.05) is 6.08 Å². The molecule has 0 aromatic heterocycles. The maximum atomic E-state index is 10.8. The molecule has 1 heterocycles. The SMILES string of the molecule is CNC(=O)NC1CCC=CN1. The number of urea groups is 1. The number of allylic oxidation sites excluding steroid dienone is 1. The Morgan fingerprint density at radius 3 is 3.09 bits per heavy atom. The Morgan fingerprint density at radius 2 is 2.55 bits per heavy atom. The number of hydrogen-bond donors (Lipinski definition) is 3. The lowest BCUT2D eigenvalue weighted by Gasteiger charge is -2.20. The molecule has 1 aliphatic rings. The average Bonchev–Trinajstić information content (AvgIpc) is 2.06. The van der Waals surface area contributed by atoms with Gasteiger partial charge in [-0.15, -0.1) is 0 Å². The van der Waals surface area contributed by atoms with Crippen molar-refractivity contribution in [3.8, 4) is 0 Å². The van der Waals surface area contributed by atoms with Crippen molar-refractivity contribution >= 4 is 6.03 Å². The lowest BCUT2D eigenvalue weighted by Crippen LogP contribution is -2.47. The Hall–Kier alpha value is -1.19. The van der Waals surface area contributed by atoms with Crippen LogP contribution in [-0.2, 0) is 0 Å². The van der Waals surface area contributed by atoms with Crippen molar-refractivity contribution in [2.45, 2.75) is 19.0 Å². The molecule has 2 amide bonds. The summed E-state index contributed by atoms with van der Waals surface area (Å²) in [7, 11) is 1.61. The van der Waals surface area contributed by atoms with Crippen molar-refractivity contribution in [2.24, 2.45) is 0 Å². The molecule has 0 aromatic rings. The van der Waals surface area contributed by atoms with E-state index in [1.54, 1.807) is 7.05 Å². The van der Waals surface area contributed by atoms with Gasteiger partial charge in [0.15, 0.2) is 0 Å². The summed E-state index contributed by atoms with van der Waals surface area (Å²) in [6, 6.07) is -0.141. The van der Waals surface area contributed by atoms with Crippen LogP contribution in [-0.4, -0.2) is 19.2 Å². The molecule has 0 bridgehead atoms. The number of nitrogens with one attached hydrogen (secondary N) is 3. The largest absolute Gasteiger partial charge is 0.372 e. The zero-order chi connectivity index (χ0) is 8.10. The summed E-state index contributed by atoms with van der Waals surface area (Å²) in [5, 5.41) is 8.29. The molecule has 11 heavy (non-hydrogen) atoms. The van der Waals surface area contributed by atoms with Crippen LogP contribution in [0, 0.1) is 0 Å². The highest BCUT2D eigenvalue weighted by Crippen LogP contribution is 2.00. The minimum atomic E-state index is -0.141. The second kappa shape index (κ2) is 3.85. The standard InChI is InChI=1S/C7H13N3O/c1-8-7(11)10-6-4-2-3-5-9-6/h3,5-6,9H,2,4H2,1H3,(H2,8,10,11). The van der Waals surface area contributed by atoms with E-state index in [1.807, 2.05) is 12.3 Å². The summed E-state index contributed by atoms with van der Waals surface area (Å²) >= 11 is 0. The number of carbonyl (C=O) groups is 1. The summed E-state index contributed by atoms with van der Waals surface area (Å²) in [6.07, 6.45) is 5.96. The molecule has 1 atom stereocenters. The second-order valence-corrected chi connectivity index (χ2v) is 2.42. The zero-order valence-electron chi connectivity index (χ0n) is 6.55. The van der Waals surface area contributed by atoms with Crippen LogP contribution in [0.2, 0.25) is 0 Å². The minimum Gasteiger partial charge on any atom is -0.372 e. The van der Waals surface area contributed by atoms with E-state index in [4.69, 9.17) is 0 Å². The molecule has 0 spiro atoms. The monoisotopic (exact) mass is 155 g/mol. The molecule has 62 valence electrons. The highest BCUT2D eigenvalue weighted by atomic mass is 16.2. The summed E-state index contributed by atoms with van der Waals surface area (Å²) in [4.78, 5) is 10.8. The number of carbonyl (C=O) groups excluding carboxylic acids is 1. The lowest BCUT2D eigenvalue weighted by atomic mass is 10.2. The van der Waals surface area contributed by atoms with E-state index < -0.39 is 0 Å². The molecule has 4 nitrogen and oxygen atoms in total. The zero-order valence-corrected chi connectivity index (χ0v) is 6.55. The topological polar surface area (TPSA) is 53.2 Å². The molecule has 4 heteroatoms. The van der Waals surface area contributed by atoms with Gasteiger partial charge in [-0.3, -0.25) is 0 Å². The van der Waals surface area contributed by atoms with Gasteiger partial charge in [0.25, 0.3) is 0 Å². The van der Waals surface area contributed by atoms with E-state index in [1.165, 1.54) is 0 Å². The molecule has 1 rings (SSSR count). The lowest BCUT2D eigenvalue weighted by molar-refractivity contribution is 0.236. The summed E-state index contributed by atoms with van der Waals surface area (Å²) < 4.78 is 0. The van der Waals surface area contributed by atoms with Crippen LogP contribution in [0.25, 0.3) is 0 Å². The van der Waals surface area contributed by atoms with Gasteiger partial charge in [0, 0.05) is 7.05 Å². The van der Waals surface area contributed by atoms with E-state index in [9.17, 15) is 4.79 Å². The van der Waals surface area contributed by atoms with Gasteiger partial charge in [-0.25, -0.2) is 4.79 Å². The van der Waals surface area contributed by atoms with Gasteiger partial charge in [-0.05, 0) is 19.0 Å². The van der Waals surface area contributed by atoms with Crippen LogP contribution in [0.15, 0.2) is 12.3 Å². The molecule has 1 aliphatic heterocycles. The highest BCUT2D eigenvalue weighted by Gasteiger charge is 2.09. The van der Waals surface area contributed by atoms with Crippen molar-refractivity contribution in [3.63, 3.8) is 0 Å². The first kappa shape index (κ1) is 7.91. The van der Waals surface area contributed by atoms with Gasteiger partial charge in [0.05, 0.1) is 0 Å². The fourth-order valence-electron chi connectivity index (χ4n) is 0.958. The predicted molar refractivity (Wildman–Crippen MR) is 42.9 cm³/mol. The maximum absolute atomic E-state index is 10.8. The molecule has 0 aliphatic carbocycles. The third-order valence-electron chi connectivity index (χ3n) is 1.57. The van der Waals surface area contributed by atoms with E-state index in [-0.39, 0.29) is 12.2 Å². The van der Waals surface area contributed by atoms with Crippen LogP contribution >= 0.6 is 0 Å². The van der Waals surface area contributed by atoms with Gasteiger partial charge in [-0.2, -0.15) is 0 Å². The molecule has 3 N–H and O–H groups in total. The fraction of sp³-hybridized carbons (Fsp3) is 0.571. The molecule has 1 unspecified atom stereocenters. The van der Waals surface area contributed by atoms with Crippen molar-refractivity contribution < 1.29 is 4.79 Å².